The Morgan fingerprint density at radius 3 is 1.18 bits per heavy atom. The van der Waals surface area contributed by atoms with E-state index in [1.54, 1.807) is 0 Å². The van der Waals surface area contributed by atoms with Gasteiger partial charge in [-0.1, -0.05) is 0 Å². The van der Waals surface area contributed by atoms with Gasteiger partial charge in [0.2, 0.25) is 0 Å². The van der Waals surface area contributed by atoms with Crippen LogP contribution in [0.4, 0.5) is 0 Å². The van der Waals surface area contributed by atoms with Crippen LogP contribution in [0, 0.1) is 0 Å². The van der Waals surface area contributed by atoms with Crippen molar-refractivity contribution < 1.29 is 16.4 Å². The topological polar surface area (TPSA) is 0 Å². The van der Waals surface area contributed by atoms with Gasteiger partial charge >= 0.3 is 463 Å². The van der Waals surface area contributed by atoms with E-state index >= 15 is 0 Å². The van der Waals surface area contributed by atoms with E-state index in [1.165, 1.54) is 114 Å². The summed E-state index contributed by atoms with van der Waals surface area (Å²) in [5, 5.41) is 2.85. The van der Waals surface area contributed by atoms with E-state index in [9.17, 15) is 17.0 Å². The predicted octanol–water partition coefficient (Wildman–Crippen LogP) is 17.9. The third-order valence-corrected chi connectivity index (χ3v) is 39.4. The molecular formula is C72H59Cl2SiZr. The van der Waals surface area contributed by atoms with Crippen LogP contribution in [0.2, 0.25) is 0 Å². The molecule has 13 rings (SSSR count). The SMILES string of the molecule is CC(C)c1ccccc1-c1c(-c2ccccc2)ccc2c1C=C(c1ccccc1)[CH]2[Zr]([Cl])([Cl])([c]1cccc2c1[SiH2]c1ccccc1-2)[CH]1C(c2ccccc2)=Cc2c1ccc(-c1ccccc1)c2-c1ccccc1C(C)C. The third-order valence-electron chi connectivity index (χ3n) is 16.9. The first-order chi connectivity index (χ1) is 37.1. The number of rotatable bonds is 11. The van der Waals surface area contributed by atoms with E-state index in [-0.39, 0.29) is 7.25 Å². The Hall–Kier alpha value is -6.64. The van der Waals surface area contributed by atoms with Crippen molar-refractivity contribution in [3.63, 3.8) is 0 Å². The quantitative estimate of drug-likeness (QED) is 0.113. The molecule has 2 unspecified atom stereocenters. The molecular weight excluding hydrogens is 1060 g/mol. The summed E-state index contributed by atoms with van der Waals surface area (Å²) in [6, 6.07) is 87.8. The number of halogens is 2. The van der Waals surface area contributed by atoms with E-state index in [1.807, 2.05) is 0 Å². The van der Waals surface area contributed by atoms with Gasteiger partial charge in [0.15, 0.2) is 0 Å². The standard InChI is InChI=1S/2C30H25.C12H9Si.2ClH.Zr/c2*1-21(2)26-15-9-10-16-28(26)30-27(23-13-7-4-8-14-23)18-17-24-19-25(20-29(24)30)22-11-5-3-6-12-22;1-3-7-11-9(5-1)10-6-2-4-8-12(10)13-11;;;/h2*3-21H,1-2H3;1-7H,13H2;2*1H;/q;;;;;+2/p-2. The van der Waals surface area contributed by atoms with Gasteiger partial charge in [-0.3, -0.25) is 0 Å². The molecule has 0 saturated heterocycles. The summed E-state index contributed by atoms with van der Waals surface area (Å²) in [4.78, 5) is 0. The minimum atomic E-state index is -6.21. The third kappa shape index (κ3) is 7.85. The van der Waals surface area contributed by atoms with Crippen molar-refractivity contribution in [1.82, 2.24) is 0 Å². The van der Waals surface area contributed by atoms with Crippen molar-refractivity contribution in [1.29, 1.82) is 0 Å². The van der Waals surface area contributed by atoms with E-state index in [0.717, 1.165) is 11.1 Å². The molecule has 0 N–H and O–H groups in total. The molecule has 369 valence electrons. The Labute approximate surface area is 459 Å². The molecule has 0 fully saturated rings. The van der Waals surface area contributed by atoms with Gasteiger partial charge in [0.05, 0.1) is 0 Å². The molecule has 10 aromatic rings. The van der Waals surface area contributed by atoms with Crippen molar-refractivity contribution >= 4 is 63.5 Å². The minimum absolute atomic E-state index is 0.291. The van der Waals surface area contributed by atoms with Crippen molar-refractivity contribution in [3.8, 4) is 55.6 Å². The fourth-order valence-corrected chi connectivity index (χ4v) is 40.7. The molecule has 2 atom stereocenters. The second-order valence-electron chi connectivity index (χ2n) is 21.8. The molecule has 0 radical (unpaired) electrons. The second kappa shape index (κ2) is 19.4. The fourth-order valence-electron chi connectivity index (χ4n) is 13.6. The molecule has 4 heteroatoms. The van der Waals surface area contributed by atoms with Gasteiger partial charge in [-0.25, -0.2) is 0 Å². The van der Waals surface area contributed by atoms with Gasteiger partial charge in [0.25, 0.3) is 0 Å². The van der Waals surface area contributed by atoms with Gasteiger partial charge in [-0.2, -0.15) is 0 Å². The number of allylic oxidation sites excluding steroid dienone is 2. The molecule has 0 spiro atoms. The van der Waals surface area contributed by atoms with E-state index in [0.29, 0.717) is 11.8 Å². The van der Waals surface area contributed by atoms with Crippen LogP contribution in [-0.2, 0) is 16.4 Å². The zero-order chi connectivity index (χ0) is 51.7. The fraction of sp³-hybridized carbons (Fsp3) is 0.111. The summed E-state index contributed by atoms with van der Waals surface area (Å²) in [5.41, 5.74) is 24.6. The number of benzene rings is 10. The molecule has 0 amide bonds. The van der Waals surface area contributed by atoms with Crippen LogP contribution in [0.3, 0.4) is 0 Å². The summed E-state index contributed by atoms with van der Waals surface area (Å²) in [6.45, 7) is 9.26. The second-order valence-corrected chi connectivity index (χ2v) is 44.2. The Morgan fingerprint density at radius 1 is 0.355 bits per heavy atom. The van der Waals surface area contributed by atoms with E-state index in [4.69, 9.17) is 0 Å². The molecule has 76 heavy (non-hydrogen) atoms. The normalized spacial score (nSPS) is 16.2. The molecule has 3 aliphatic rings. The summed E-state index contributed by atoms with van der Waals surface area (Å²) in [5.74, 6) is 0.581. The summed E-state index contributed by atoms with van der Waals surface area (Å²) >= 11 is -6.21. The average molecular weight is 1110 g/mol. The first-order valence-corrected chi connectivity index (χ1v) is 38.9. The van der Waals surface area contributed by atoms with Crippen LogP contribution in [0.1, 0.15) is 91.3 Å². The first kappa shape index (κ1) is 49.0. The molecule has 10 aromatic carbocycles. The van der Waals surface area contributed by atoms with Crippen LogP contribution < -0.4 is 13.6 Å². The van der Waals surface area contributed by atoms with Crippen LogP contribution in [0.15, 0.2) is 237 Å². The Kier molecular flexibility index (Phi) is 12.5. The molecule has 2 aliphatic carbocycles. The first-order valence-electron chi connectivity index (χ1n) is 27.0. The van der Waals surface area contributed by atoms with Gasteiger partial charge < -0.3 is 0 Å². The molecule has 0 aromatic heterocycles. The molecule has 1 aliphatic heterocycles. The monoisotopic (exact) mass is 1110 g/mol. The van der Waals surface area contributed by atoms with Crippen LogP contribution in [0.25, 0.3) is 78.9 Å². The summed E-state index contributed by atoms with van der Waals surface area (Å²) < 4.78 is 0.492. The molecule has 0 saturated carbocycles. The van der Waals surface area contributed by atoms with Crippen molar-refractivity contribution in [2.24, 2.45) is 0 Å². The molecule has 0 bridgehead atoms. The zero-order valence-electron chi connectivity index (χ0n) is 43.4. The zero-order valence-corrected chi connectivity index (χ0v) is 48.8. The Morgan fingerprint density at radius 2 is 0.737 bits per heavy atom. The summed E-state index contributed by atoms with van der Waals surface area (Å²) in [6.07, 6.45) is 5.04. The maximum atomic E-state index is 9.89. The van der Waals surface area contributed by atoms with Gasteiger partial charge in [-0.05, 0) is 0 Å². The van der Waals surface area contributed by atoms with Crippen LogP contribution >= 0.6 is 17.0 Å². The number of fused-ring (bicyclic) bond motifs is 5. The average Bonchev–Trinajstić information content (AvgIpc) is 4.29. The number of hydrogen-bond acceptors (Lipinski definition) is 0. The van der Waals surface area contributed by atoms with E-state index in [2.05, 4.69) is 276 Å². The van der Waals surface area contributed by atoms with Crippen molar-refractivity contribution in [3.05, 3.63) is 281 Å². The van der Waals surface area contributed by atoms with E-state index < -0.39 is 25.9 Å². The summed E-state index contributed by atoms with van der Waals surface area (Å²) in [7, 11) is 18.7. The van der Waals surface area contributed by atoms with Gasteiger partial charge in [-0.15, -0.1) is 0 Å². The van der Waals surface area contributed by atoms with Gasteiger partial charge in [0, 0.05) is 0 Å². The van der Waals surface area contributed by atoms with Gasteiger partial charge in [0.1, 0.15) is 0 Å². The predicted molar refractivity (Wildman–Crippen MR) is 328 cm³/mol. The molecule has 1 heterocycles. The van der Waals surface area contributed by atoms with Crippen LogP contribution in [-0.4, -0.2) is 9.52 Å². The maximum absolute atomic E-state index is 9.89. The van der Waals surface area contributed by atoms with Crippen molar-refractivity contribution in [2.75, 3.05) is 0 Å². The van der Waals surface area contributed by atoms with Crippen LogP contribution in [0.5, 0.6) is 0 Å². The number of hydrogen-bond donors (Lipinski definition) is 0. The van der Waals surface area contributed by atoms with Crippen molar-refractivity contribution in [2.45, 2.75) is 46.8 Å². The Bertz CT molecular complexity index is 3740. The molecule has 0 nitrogen and oxygen atoms in total. The Balaban J connectivity index is 1.20.